The van der Waals surface area contributed by atoms with E-state index in [2.05, 4.69) is 68.5 Å². The molecule has 0 saturated heterocycles. The Morgan fingerprint density at radius 2 is 1.50 bits per heavy atom. The van der Waals surface area contributed by atoms with Crippen molar-refractivity contribution in [2.75, 3.05) is 0 Å². The minimum Gasteiger partial charge on any atom is -0.298 e. The largest absolute Gasteiger partial charge is 0.298 e. The van der Waals surface area contributed by atoms with Crippen molar-refractivity contribution in [3.05, 3.63) is 94.5 Å². The lowest BCUT2D eigenvalue weighted by atomic mass is 9.95. The van der Waals surface area contributed by atoms with Crippen molar-refractivity contribution < 1.29 is 4.79 Å². The molecular formula is C23H20O. The highest BCUT2D eigenvalue weighted by atomic mass is 16.1. The molecule has 0 aromatic heterocycles. The summed E-state index contributed by atoms with van der Waals surface area (Å²) < 4.78 is 0. The molecule has 0 aliphatic carbocycles. The molecule has 0 aliphatic rings. The average Bonchev–Trinajstić information content (AvgIpc) is 2.63. The number of hydrogen-bond donors (Lipinski definition) is 0. The minimum atomic E-state index is 0.704. The Hall–Kier alpha value is -2.93. The van der Waals surface area contributed by atoms with Crippen LogP contribution in [-0.4, -0.2) is 6.29 Å². The van der Waals surface area contributed by atoms with E-state index in [0.717, 1.165) is 17.4 Å². The van der Waals surface area contributed by atoms with Crippen LogP contribution in [0.3, 0.4) is 0 Å². The van der Waals surface area contributed by atoms with Gasteiger partial charge in [-0.05, 0) is 53.3 Å². The smallest absolute Gasteiger partial charge is 0.150 e. The summed E-state index contributed by atoms with van der Waals surface area (Å²) in [6.45, 7) is 4.21. The first-order valence-electron chi connectivity index (χ1n) is 8.08. The van der Waals surface area contributed by atoms with Crippen molar-refractivity contribution in [1.82, 2.24) is 0 Å². The molecule has 0 aliphatic heterocycles. The molecule has 0 saturated carbocycles. The van der Waals surface area contributed by atoms with Crippen molar-refractivity contribution in [3.8, 4) is 11.1 Å². The summed E-state index contributed by atoms with van der Waals surface area (Å²) in [6.07, 6.45) is 5.09. The average molecular weight is 312 g/mol. The number of carbonyl (C=O) groups excluding carboxylic acids is 1. The first-order chi connectivity index (χ1) is 11.7. The summed E-state index contributed by atoms with van der Waals surface area (Å²) in [5.41, 5.74) is 7.85. The highest BCUT2D eigenvalue weighted by Crippen LogP contribution is 2.26. The van der Waals surface area contributed by atoms with Gasteiger partial charge in [-0.25, -0.2) is 0 Å². The first kappa shape index (κ1) is 15.9. The molecule has 3 aromatic rings. The highest BCUT2D eigenvalue weighted by Gasteiger charge is 2.04. The molecule has 0 fully saturated rings. The molecule has 3 aromatic carbocycles. The van der Waals surface area contributed by atoms with E-state index in [0.29, 0.717) is 5.56 Å². The summed E-state index contributed by atoms with van der Waals surface area (Å²) >= 11 is 0. The fourth-order valence-electron chi connectivity index (χ4n) is 2.86. The van der Waals surface area contributed by atoms with Crippen LogP contribution in [0.1, 0.15) is 32.6 Å². The zero-order chi connectivity index (χ0) is 16.9. The van der Waals surface area contributed by atoms with E-state index in [1.54, 1.807) is 0 Å². The van der Waals surface area contributed by atoms with Gasteiger partial charge in [0.25, 0.3) is 0 Å². The summed E-state index contributed by atoms with van der Waals surface area (Å²) in [4.78, 5) is 11.0. The van der Waals surface area contributed by atoms with Gasteiger partial charge in [0.1, 0.15) is 6.29 Å². The Kier molecular flexibility index (Phi) is 4.72. The Morgan fingerprint density at radius 3 is 2.25 bits per heavy atom. The van der Waals surface area contributed by atoms with Gasteiger partial charge >= 0.3 is 0 Å². The van der Waals surface area contributed by atoms with Crippen LogP contribution in [0.15, 0.2) is 66.7 Å². The van der Waals surface area contributed by atoms with E-state index in [1.807, 2.05) is 24.3 Å². The van der Waals surface area contributed by atoms with Gasteiger partial charge in [-0.3, -0.25) is 4.79 Å². The summed E-state index contributed by atoms with van der Waals surface area (Å²) in [6, 6.07) is 22.5. The van der Waals surface area contributed by atoms with Crippen molar-refractivity contribution >= 4 is 18.4 Å². The fourth-order valence-corrected chi connectivity index (χ4v) is 2.86. The molecule has 0 bridgehead atoms. The van der Waals surface area contributed by atoms with Gasteiger partial charge in [-0.1, -0.05) is 72.8 Å². The molecule has 1 heteroatoms. The summed E-state index contributed by atoms with van der Waals surface area (Å²) in [5.74, 6) is 0. The lowest BCUT2D eigenvalue weighted by molar-refractivity contribution is 0.112. The first-order valence-corrected chi connectivity index (χ1v) is 8.08. The van der Waals surface area contributed by atoms with E-state index >= 15 is 0 Å². The molecule has 0 N–H and O–H groups in total. The third kappa shape index (κ3) is 3.36. The highest BCUT2D eigenvalue weighted by molar-refractivity contribution is 5.81. The Labute approximate surface area is 143 Å². The van der Waals surface area contributed by atoms with E-state index in [-0.39, 0.29) is 0 Å². The zero-order valence-electron chi connectivity index (χ0n) is 14.0. The van der Waals surface area contributed by atoms with Gasteiger partial charge in [0.15, 0.2) is 0 Å². The second-order valence-corrected chi connectivity index (χ2v) is 5.95. The standard InChI is InChI=1S/C23H20O/c1-17-11-12-19(16-24)15-22(17)14-13-20-9-6-10-23(18(20)2)21-7-4-3-5-8-21/h3-16H,1-2H3/b14-13+. The third-order valence-electron chi connectivity index (χ3n) is 4.34. The van der Waals surface area contributed by atoms with Gasteiger partial charge in [-0.2, -0.15) is 0 Å². The van der Waals surface area contributed by atoms with Gasteiger partial charge in [-0.15, -0.1) is 0 Å². The van der Waals surface area contributed by atoms with E-state index in [1.165, 1.54) is 22.3 Å². The molecule has 0 heterocycles. The predicted octanol–water partition coefficient (Wildman–Crippen LogP) is 5.95. The van der Waals surface area contributed by atoms with Crippen molar-refractivity contribution in [1.29, 1.82) is 0 Å². The number of benzene rings is 3. The minimum absolute atomic E-state index is 0.704. The van der Waals surface area contributed by atoms with E-state index in [4.69, 9.17) is 0 Å². The lowest BCUT2D eigenvalue weighted by Gasteiger charge is -2.09. The molecule has 3 rings (SSSR count). The number of aldehydes is 1. The van der Waals surface area contributed by atoms with Crippen LogP contribution in [-0.2, 0) is 0 Å². The van der Waals surface area contributed by atoms with Crippen LogP contribution in [0.2, 0.25) is 0 Å². The Morgan fingerprint density at radius 1 is 0.750 bits per heavy atom. The predicted molar refractivity (Wildman–Crippen MR) is 102 cm³/mol. The maximum atomic E-state index is 11.0. The zero-order valence-corrected chi connectivity index (χ0v) is 14.0. The molecule has 24 heavy (non-hydrogen) atoms. The number of carbonyl (C=O) groups is 1. The molecule has 1 nitrogen and oxygen atoms in total. The molecule has 0 atom stereocenters. The van der Waals surface area contributed by atoms with Crippen LogP contribution in [0.5, 0.6) is 0 Å². The maximum absolute atomic E-state index is 11.0. The summed E-state index contributed by atoms with van der Waals surface area (Å²) in [5, 5.41) is 0. The van der Waals surface area contributed by atoms with Gasteiger partial charge in [0, 0.05) is 5.56 Å². The van der Waals surface area contributed by atoms with Crippen molar-refractivity contribution in [2.24, 2.45) is 0 Å². The van der Waals surface area contributed by atoms with Gasteiger partial charge in [0.2, 0.25) is 0 Å². The van der Waals surface area contributed by atoms with Crippen LogP contribution in [0, 0.1) is 13.8 Å². The number of hydrogen-bond acceptors (Lipinski definition) is 1. The SMILES string of the molecule is Cc1ccc(C=O)cc1/C=C/c1cccc(-c2ccccc2)c1C. The van der Waals surface area contributed by atoms with Gasteiger partial charge in [0.05, 0.1) is 0 Å². The molecule has 0 unspecified atom stereocenters. The van der Waals surface area contributed by atoms with Crippen LogP contribution >= 0.6 is 0 Å². The summed E-state index contributed by atoms with van der Waals surface area (Å²) in [7, 11) is 0. The normalized spacial score (nSPS) is 10.9. The second kappa shape index (κ2) is 7.10. The number of rotatable bonds is 4. The van der Waals surface area contributed by atoms with Crippen molar-refractivity contribution in [2.45, 2.75) is 13.8 Å². The quantitative estimate of drug-likeness (QED) is 0.429. The van der Waals surface area contributed by atoms with Crippen LogP contribution < -0.4 is 0 Å². The Balaban J connectivity index is 1.98. The van der Waals surface area contributed by atoms with Crippen LogP contribution in [0.25, 0.3) is 23.3 Å². The lowest BCUT2D eigenvalue weighted by Crippen LogP contribution is -1.88. The number of aryl methyl sites for hydroxylation is 1. The third-order valence-corrected chi connectivity index (χ3v) is 4.34. The fraction of sp³-hybridized carbons (Fsp3) is 0.0870. The van der Waals surface area contributed by atoms with Crippen LogP contribution in [0.4, 0.5) is 0 Å². The van der Waals surface area contributed by atoms with Gasteiger partial charge < -0.3 is 0 Å². The van der Waals surface area contributed by atoms with E-state index in [9.17, 15) is 4.79 Å². The second-order valence-electron chi connectivity index (χ2n) is 5.95. The molecule has 0 spiro atoms. The topological polar surface area (TPSA) is 17.1 Å². The molecule has 0 radical (unpaired) electrons. The molecule has 118 valence electrons. The Bertz CT molecular complexity index is 889. The van der Waals surface area contributed by atoms with Crippen molar-refractivity contribution in [3.63, 3.8) is 0 Å². The molecule has 0 amide bonds. The monoisotopic (exact) mass is 312 g/mol. The van der Waals surface area contributed by atoms with E-state index < -0.39 is 0 Å². The maximum Gasteiger partial charge on any atom is 0.150 e. The molecular weight excluding hydrogens is 292 g/mol.